The van der Waals surface area contributed by atoms with Gasteiger partial charge in [-0.1, -0.05) is 38.0 Å². The van der Waals surface area contributed by atoms with Crippen LogP contribution in [0.3, 0.4) is 0 Å². The van der Waals surface area contributed by atoms with E-state index in [0.29, 0.717) is 5.70 Å². The van der Waals surface area contributed by atoms with E-state index in [9.17, 15) is 14.7 Å². The Hall–Kier alpha value is -2.56. The van der Waals surface area contributed by atoms with Crippen molar-refractivity contribution in [2.24, 2.45) is 0 Å². The fraction of sp³-hybridized carbons (Fsp3) is 0.333. The molecule has 0 spiro atoms. The van der Waals surface area contributed by atoms with Crippen LogP contribution in [0, 0.1) is 0 Å². The molecule has 124 valence electrons. The molecule has 23 heavy (non-hydrogen) atoms. The van der Waals surface area contributed by atoms with Crippen LogP contribution in [0.25, 0.3) is 0 Å². The van der Waals surface area contributed by atoms with Crippen molar-refractivity contribution in [2.75, 3.05) is 0 Å². The van der Waals surface area contributed by atoms with Gasteiger partial charge in [0, 0.05) is 5.70 Å². The molecule has 0 radical (unpaired) electrons. The zero-order valence-electron chi connectivity index (χ0n) is 13.5. The summed E-state index contributed by atoms with van der Waals surface area (Å²) in [7, 11) is 0. The summed E-state index contributed by atoms with van der Waals surface area (Å²) in [5.74, 6) is -2.02. The number of hydrogen-bond acceptors (Lipinski definition) is 3. The van der Waals surface area contributed by atoms with Gasteiger partial charge in [-0.15, -0.1) is 0 Å². The normalized spacial score (nSPS) is 18.7. The third-order valence-corrected chi connectivity index (χ3v) is 3.31. The topological polar surface area (TPSA) is 86.6 Å². The molecule has 0 aliphatic carbocycles. The lowest BCUT2D eigenvalue weighted by Crippen LogP contribution is -2.28. The van der Waals surface area contributed by atoms with E-state index in [2.05, 4.69) is 12.2 Å². The molecule has 1 heterocycles. The second kappa shape index (κ2) is 9.46. The van der Waals surface area contributed by atoms with Gasteiger partial charge in [-0.3, -0.25) is 0 Å². The minimum Gasteiger partial charge on any atom is -0.478 e. The molecule has 0 aromatic carbocycles. The molecule has 3 N–H and O–H groups in total. The van der Waals surface area contributed by atoms with Gasteiger partial charge in [0.25, 0.3) is 0 Å². The number of carbonyl (C=O) groups is 2. The monoisotopic (exact) mass is 317 g/mol. The SMILES string of the molecule is C/C=C(\C=C/C1C=C(C(=O)O)C=C(/C=C/CCCC)N1)C(=O)O. The number of rotatable bonds is 8. The van der Waals surface area contributed by atoms with Crippen molar-refractivity contribution in [1.82, 2.24) is 5.32 Å². The Bertz CT molecular complexity index is 594. The second-order valence-electron chi connectivity index (χ2n) is 5.15. The average Bonchev–Trinajstić information content (AvgIpc) is 2.51. The smallest absolute Gasteiger partial charge is 0.335 e. The van der Waals surface area contributed by atoms with E-state index >= 15 is 0 Å². The van der Waals surface area contributed by atoms with Crippen LogP contribution in [0.5, 0.6) is 0 Å². The van der Waals surface area contributed by atoms with Crippen LogP contribution in [0.4, 0.5) is 0 Å². The highest BCUT2D eigenvalue weighted by atomic mass is 16.4. The van der Waals surface area contributed by atoms with Gasteiger partial charge >= 0.3 is 11.9 Å². The van der Waals surface area contributed by atoms with Gasteiger partial charge in [-0.25, -0.2) is 9.59 Å². The molecule has 1 aliphatic rings. The van der Waals surface area contributed by atoms with Crippen LogP contribution in [0.1, 0.15) is 33.1 Å². The number of hydrogen-bond donors (Lipinski definition) is 3. The Kier molecular flexibility index (Phi) is 7.60. The van der Waals surface area contributed by atoms with Gasteiger partial charge in [0.05, 0.1) is 17.2 Å². The van der Waals surface area contributed by atoms with E-state index in [1.54, 1.807) is 25.2 Å². The van der Waals surface area contributed by atoms with Crippen molar-refractivity contribution >= 4 is 11.9 Å². The average molecular weight is 317 g/mol. The van der Waals surface area contributed by atoms with Crippen molar-refractivity contribution in [2.45, 2.75) is 39.2 Å². The second-order valence-corrected chi connectivity index (χ2v) is 5.15. The number of allylic oxidation sites excluding steroid dienone is 3. The highest BCUT2D eigenvalue weighted by molar-refractivity contribution is 5.91. The Morgan fingerprint density at radius 1 is 1.35 bits per heavy atom. The molecule has 0 saturated heterocycles. The lowest BCUT2D eigenvalue weighted by molar-refractivity contribution is -0.133. The van der Waals surface area contributed by atoms with Crippen LogP contribution in [0.15, 0.2) is 59.4 Å². The van der Waals surface area contributed by atoms with Crippen LogP contribution < -0.4 is 5.32 Å². The van der Waals surface area contributed by atoms with Gasteiger partial charge in [0.2, 0.25) is 0 Å². The molecule has 1 atom stereocenters. The Balaban J connectivity index is 2.89. The molecule has 1 aliphatic heterocycles. The molecule has 0 aromatic heterocycles. The summed E-state index contributed by atoms with van der Waals surface area (Å²) in [6, 6.07) is -0.369. The Morgan fingerprint density at radius 3 is 2.65 bits per heavy atom. The van der Waals surface area contributed by atoms with Gasteiger partial charge in [0.1, 0.15) is 0 Å². The summed E-state index contributed by atoms with van der Waals surface area (Å²) >= 11 is 0. The maximum atomic E-state index is 11.2. The molecule has 0 saturated carbocycles. The van der Waals surface area contributed by atoms with Crippen LogP contribution in [-0.2, 0) is 9.59 Å². The predicted octanol–water partition coefficient (Wildman–Crippen LogP) is 3.19. The van der Waals surface area contributed by atoms with E-state index in [4.69, 9.17) is 5.11 Å². The molecule has 0 bridgehead atoms. The van der Waals surface area contributed by atoms with Crippen molar-refractivity contribution < 1.29 is 19.8 Å². The maximum absolute atomic E-state index is 11.2. The number of dihydropyridines is 1. The molecular formula is C18H23NO4. The van der Waals surface area contributed by atoms with Crippen molar-refractivity contribution in [3.8, 4) is 0 Å². The van der Waals surface area contributed by atoms with E-state index in [-0.39, 0.29) is 17.2 Å². The highest BCUT2D eigenvalue weighted by Crippen LogP contribution is 2.14. The fourth-order valence-electron chi connectivity index (χ4n) is 2.05. The molecule has 0 aromatic rings. The third kappa shape index (κ3) is 6.38. The first-order valence-electron chi connectivity index (χ1n) is 7.65. The first kappa shape index (κ1) is 18.5. The summed E-state index contributed by atoms with van der Waals surface area (Å²) < 4.78 is 0. The standard InChI is InChI=1S/C18H23NO4/c1-3-5-6-7-8-15-11-14(18(22)23)12-16(19-15)10-9-13(4-2)17(20)21/h4,7-12,16,19H,3,5-6H2,1-2H3,(H,20,21)(H,22,23)/b8-7+,10-9-,13-4+. The predicted molar refractivity (Wildman–Crippen MR) is 89.9 cm³/mol. The van der Waals surface area contributed by atoms with Gasteiger partial charge in [-0.05, 0) is 37.6 Å². The minimum absolute atomic E-state index is 0.159. The molecular weight excluding hydrogens is 294 g/mol. The maximum Gasteiger partial charge on any atom is 0.335 e. The number of nitrogens with one attached hydrogen (secondary N) is 1. The van der Waals surface area contributed by atoms with Crippen LogP contribution in [-0.4, -0.2) is 28.2 Å². The molecule has 5 heteroatoms. The number of aliphatic carboxylic acids is 2. The van der Waals surface area contributed by atoms with Gasteiger partial charge < -0.3 is 15.5 Å². The first-order valence-corrected chi connectivity index (χ1v) is 7.65. The first-order chi connectivity index (χ1) is 11.0. The zero-order chi connectivity index (χ0) is 17.2. The highest BCUT2D eigenvalue weighted by Gasteiger charge is 2.15. The number of carboxylic acid groups (broad SMARTS) is 2. The summed E-state index contributed by atoms with van der Waals surface area (Å²) in [5.41, 5.74) is 1.05. The van der Waals surface area contributed by atoms with E-state index in [1.807, 2.05) is 12.2 Å². The van der Waals surface area contributed by atoms with Gasteiger partial charge in [-0.2, -0.15) is 0 Å². The summed E-state index contributed by atoms with van der Waals surface area (Å²) in [4.78, 5) is 22.2. The summed E-state index contributed by atoms with van der Waals surface area (Å²) in [5, 5.41) is 21.4. The lowest BCUT2D eigenvalue weighted by atomic mass is 10.0. The minimum atomic E-state index is -1.02. The molecule has 1 unspecified atom stereocenters. The lowest BCUT2D eigenvalue weighted by Gasteiger charge is -2.19. The molecule has 1 rings (SSSR count). The van der Waals surface area contributed by atoms with E-state index in [0.717, 1.165) is 19.3 Å². The Morgan fingerprint density at radius 2 is 2.09 bits per heavy atom. The quantitative estimate of drug-likeness (QED) is 0.363. The fourth-order valence-corrected chi connectivity index (χ4v) is 2.05. The summed E-state index contributed by atoms with van der Waals surface area (Å²) in [6.07, 6.45) is 14.7. The molecule has 5 nitrogen and oxygen atoms in total. The van der Waals surface area contributed by atoms with Crippen molar-refractivity contribution in [3.63, 3.8) is 0 Å². The number of carboxylic acids is 2. The van der Waals surface area contributed by atoms with E-state index in [1.165, 1.54) is 12.2 Å². The molecule has 0 amide bonds. The largest absolute Gasteiger partial charge is 0.478 e. The number of unbranched alkanes of at least 4 members (excludes halogenated alkanes) is 2. The summed E-state index contributed by atoms with van der Waals surface area (Å²) in [6.45, 7) is 3.75. The third-order valence-electron chi connectivity index (χ3n) is 3.31. The van der Waals surface area contributed by atoms with E-state index < -0.39 is 11.9 Å². The molecule has 0 fully saturated rings. The van der Waals surface area contributed by atoms with Crippen LogP contribution in [0.2, 0.25) is 0 Å². The van der Waals surface area contributed by atoms with Crippen molar-refractivity contribution in [3.05, 3.63) is 59.4 Å². The van der Waals surface area contributed by atoms with Crippen LogP contribution >= 0.6 is 0 Å². The van der Waals surface area contributed by atoms with Gasteiger partial charge in [0.15, 0.2) is 0 Å². The zero-order valence-corrected chi connectivity index (χ0v) is 13.5. The van der Waals surface area contributed by atoms with Crippen molar-refractivity contribution in [1.29, 1.82) is 0 Å². The Labute approximate surface area is 136 Å².